The van der Waals surface area contributed by atoms with E-state index < -0.39 is 17.9 Å². The highest BCUT2D eigenvalue weighted by molar-refractivity contribution is 5.93. The second kappa shape index (κ2) is 5.03. The van der Waals surface area contributed by atoms with Crippen molar-refractivity contribution in [3.05, 3.63) is 5.82 Å². The Morgan fingerprint density at radius 1 is 1.60 bits per heavy atom. The number of nitrogens with zero attached hydrogens (tertiary/aromatic N) is 3. The molecular weight excluding hydrogens is 202 g/mol. The Hall–Kier alpha value is -1.99. The molecule has 1 atom stereocenters. The maximum Gasteiger partial charge on any atom is 0.326 e. The maximum absolute atomic E-state index is 11.3. The van der Waals surface area contributed by atoms with Crippen molar-refractivity contribution in [2.24, 2.45) is 0 Å². The number of carbonyl (C=O) groups excluding carboxylic acids is 1. The van der Waals surface area contributed by atoms with E-state index in [4.69, 9.17) is 5.11 Å². The van der Waals surface area contributed by atoms with E-state index in [1.165, 1.54) is 0 Å². The number of aromatic amines is 1. The molecule has 0 aliphatic rings. The van der Waals surface area contributed by atoms with E-state index in [0.29, 0.717) is 12.8 Å². The average molecular weight is 213 g/mol. The van der Waals surface area contributed by atoms with Gasteiger partial charge in [-0.3, -0.25) is 4.79 Å². The number of H-pyrrole nitrogens is 1. The molecule has 0 spiro atoms. The molecule has 1 aromatic rings. The van der Waals surface area contributed by atoms with Gasteiger partial charge in [0.2, 0.25) is 0 Å². The molecular formula is C7H11N5O3. The van der Waals surface area contributed by atoms with Gasteiger partial charge in [0.15, 0.2) is 0 Å². The summed E-state index contributed by atoms with van der Waals surface area (Å²) < 4.78 is 0. The van der Waals surface area contributed by atoms with Crippen LogP contribution in [0.15, 0.2) is 0 Å². The summed E-state index contributed by atoms with van der Waals surface area (Å²) in [5, 5.41) is 23.2. The van der Waals surface area contributed by atoms with Crippen LogP contribution in [0.25, 0.3) is 0 Å². The predicted molar refractivity (Wildman–Crippen MR) is 48.0 cm³/mol. The third-order valence-corrected chi connectivity index (χ3v) is 1.73. The van der Waals surface area contributed by atoms with Crippen LogP contribution in [0, 0.1) is 0 Å². The van der Waals surface area contributed by atoms with Gasteiger partial charge in [-0.1, -0.05) is 13.3 Å². The second-order valence-electron chi connectivity index (χ2n) is 2.89. The van der Waals surface area contributed by atoms with Crippen molar-refractivity contribution in [1.82, 2.24) is 25.9 Å². The van der Waals surface area contributed by atoms with Crippen molar-refractivity contribution in [3.63, 3.8) is 0 Å². The zero-order valence-corrected chi connectivity index (χ0v) is 8.10. The first-order valence-electron chi connectivity index (χ1n) is 4.42. The smallest absolute Gasteiger partial charge is 0.326 e. The standard InChI is InChI=1S/C7H11N5O3/c1-2-3-4(7(14)15)8-6(13)5-9-11-12-10-5/h4H,2-3H2,1H3,(H,8,13)(H,14,15)(H,9,10,11,12). The lowest BCUT2D eigenvalue weighted by atomic mass is 10.1. The third kappa shape index (κ3) is 3.01. The summed E-state index contributed by atoms with van der Waals surface area (Å²) in [5.74, 6) is -1.89. The Labute approximate surface area is 85.1 Å². The van der Waals surface area contributed by atoms with Gasteiger partial charge in [-0.25, -0.2) is 4.79 Å². The molecule has 1 heterocycles. The normalized spacial score (nSPS) is 12.1. The highest BCUT2D eigenvalue weighted by Crippen LogP contribution is 1.98. The average Bonchev–Trinajstić information content (AvgIpc) is 2.69. The van der Waals surface area contributed by atoms with E-state index in [0.717, 1.165) is 0 Å². The Morgan fingerprint density at radius 2 is 2.33 bits per heavy atom. The van der Waals surface area contributed by atoms with Crippen molar-refractivity contribution in [2.75, 3.05) is 0 Å². The monoisotopic (exact) mass is 213 g/mol. The van der Waals surface area contributed by atoms with Crippen LogP contribution in [0.3, 0.4) is 0 Å². The second-order valence-corrected chi connectivity index (χ2v) is 2.89. The minimum Gasteiger partial charge on any atom is -0.480 e. The van der Waals surface area contributed by atoms with Crippen molar-refractivity contribution in [1.29, 1.82) is 0 Å². The summed E-state index contributed by atoms with van der Waals surface area (Å²) in [6.45, 7) is 1.83. The number of tetrazole rings is 1. The molecule has 0 aliphatic heterocycles. The minimum atomic E-state index is -1.08. The Bertz CT molecular complexity index is 336. The zero-order chi connectivity index (χ0) is 11.3. The number of rotatable bonds is 5. The van der Waals surface area contributed by atoms with Gasteiger partial charge in [0.1, 0.15) is 6.04 Å². The lowest BCUT2D eigenvalue weighted by molar-refractivity contribution is -0.139. The molecule has 8 heteroatoms. The molecule has 1 unspecified atom stereocenters. The number of amides is 1. The first-order chi connectivity index (χ1) is 7.15. The van der Waals surface area contributed by atoms with Gasteiger partial charge in [-0.2, -0.15) is 5.21 Å². The van der Waals surface area contributed by atoms with Gasteiger partial charge >= 0.3 is 5.97 Å². The topological polar surface area (TPSA) is 121 Å². The molecule has 1 amide bonds. The number of aromatic nitrogens is 4. The van der Waals surface area contributed by atoms with Gasteiger partial charge < -0.3 is 10.4 Å². The fraction of sp³-hybridized carbons (Fsp3) is 0.571. The summed E-state index contributed by atoms with van der Waals surface area (Å²) in [6, 6.07) is -0.916. The quantitative estimate of drug-likeness (QED) is 0.587. The Morgan fingerprint density at radius 3 is 2.80 bits per heavy atom. The molecule has 8 nitrogen and oxygen atoms in total. The molecule has 82 valence electrons. The molecule has 15 heavy (non-hydrogen) atoms. The van der Waals surface area contributed by atoms with E-state index in [2.05, 4.69) is 25.9 Å². The molecule has 0 saturated carbocycles. The number of carbonyl (C=O) groups is 2. The minimum absolute atomic E-state index is 0.169. The van der Waals surface area contributed by atoms with Crippen molar-refractivity contribution < 1.29 is 14.7 Å². The molecule has 1 rings (SSSR count). The number of hydrogen-bond acceptors (Lipinski definition) is 5. The summed E-state index contributed by atoms with van der Waals surface area (Å²) in [6.07, 6.45) is 1.02. The molecule has 0 saturated heterocycles. The molecule has 1 aromatic heterocycles. The van der Waals surface area contributed by atoms with E-state index in [9.17, 15) is 9.59 Å². The van der Waals surface area contributed by atoms with Crippen molar-refractivity contribution in [2.45, 2.75) is 25.8 Å². The number of carboxylic acid groups (broad SMARTS) is 1. The van der Waals surface area contributed by atoms with E-state index in [1.54, 1.807) is 0 Å². The summed E-state index contributed by atoms with van der Waals surface area (Å²) in [4.78, 5) is 22.1. The molecule has 0 fully saturated rings. The molecule has 0 radical (unpaired) electrons. The number of nitrogens with one attached hydrogen (secondary N) is 2. The highest BCUT2D eigenvalue weighted by atomic mass is 16.4. The molecule has 0 aliphatic carbocycles. The molecule has 3 N–H and O–H groups in total. The first-order valence-corrected chi connectivity index (χ1v) is 4.42. The van der Waals surface area contributed by atoms with Crippen LogP contribution in [0.2, 0.25) is 0 Å². The molecule has 0 bridgehead atoms. The van der Waals surface area contributed by atoms with Crippen LogP contribution >= 0.6 is 0 Å². The number of carboxylic acids is 1. The van der Waals surface area contributed by atoms with Crippen LogP contribution in [0.4, 0.5) is 0 Å². The van der Waals surface area contributed by atoms with Crippen LogP contribution in [-0.4, -0.2) is 43.6 Å². The molecule has 0 aromatic carbocycles. The van der Waals surface area contributed by atoms with Gasteiger partial charge in [-0.05, 0) is 11.6 Å². The van der Waals surface area contributed by atoms with Crippen LogP contribution in [0.1, 0.15) is 30.4 Å². The van der Waals surface area contributed by atoms with E-state index >= 15 is 0 Å². The fourth-order valence-corrected chi connectivity index (χ4v) is 1.03. The van der Waals surface area contributed by atoms with Crippen LogP contribution in [-0.2, 0) is 4.79 Å². The largest absolute Gasteiger partial charge is 0.480 e. The van der Waals surface area contributed by atoms with Gasteiger partial charge in [-0.15, -0.1) is 10.2 Å². The third-order valence-electron chi connectivity index (χ3n) is 1.73. The van der Waals surface area contributed by atoms with Crippen LogP contribution < -0.4 is 5.32 Å². The summed E-state index contributed by atoms with van der Waals surface area (Å²) in [7, 11) is 0. The number of aliphatic carboxylic acids is 1. The van der Waals surface area contributed by atoms with E-state index in [1.807, 2.05) is 6.92 Å². The maximum atomic E-state index is 11.3. The predicted octanol–water partition coefficient (Wildman–Crippen LogP) is -0.817. The van der Waals surface area contributed by atoms with Gasteiger partial charge in [0.25, 0.3) is 11.7 Å². The lowest BCUT2D eigenvalue weighted by Gasteiger charge is -2.11. The fourth-order valence-electron chi connectivity index (χ4n) is 1.03. The van der Waals surface area contributed by atoms with E-state index in [-0.39, 0.29) is 5.82 Å². The van der Waals surface area contributed by atoms with Gasteiger partial charge in [0.05, 0.1) is 0 Å². The Kier molecular flexibility index (Phi) is 3.72. The summed E-state index contributed by atoms with van der Waals surface area (Å²) >= 11 is 0. The van der Waals surface area contributed by atoms with Crippen LogP contribution in [0.5, 0.6) is 0 Å². The summed E-state index contributed by atoms with van der Waals surface area (Å²) in [5.41, 5.74) is 0. The zero-order valence-electron chi connectivity index (χ0n) is 8.10. The Balaban J connectivity index is 2.59. The lowest BCUT2D eigenvalue weighted by Crippen LogP contribution is -2.41. The SMILES string of the molecule is CCCC(NC(=O)c1nn[nH]n1)C(=O)O. The number of hydrogen-bond donors (Lipinski definition) is 3. The van der Waals surface area contributed by atoms with Crippen molar-refractivity contribution in [3.8, 4) is 0 Å². The van der Waals surface area contributed by atoms with Gasteiger partial charge in [0, 0.05) is 0 Å². The van der Waals surface area contributed by atoms with Crippen molar-refractivity contribution >= 4 is 11.9 Å². The highest BCUT2D eigenvalue weighted by Gasteiger charge is 2.21. The first kappa shape index (κ1) is 11.1.